The maximum absolute atomic E-state index is 6.13. The molecule has 7 heteroatoms. The number of hydrogen-bond acceptors (Lipinski definition) is 5. The Morgan fingerprint density at radius 2 is 2.00 bits per heavy atom. The van der Waals surface area contributed by atoms with E-state index >= 15 is 0 Å². The van der Waals surface area contributed by atoms with Gasteiger partial charge in [-0.2, -0.15) is 0 Å². The SMILES string of the molecule is NC(=NOCCOc1cccc(Br)c1)c1cccnc1N1CCCCC1. The number of nitrogens with two attached hydrogens (primary N) is 1. The molecule has 3 rings (SSSR count). The van der Waals surface area contributed by atoms with E-state index in [0.717, 1.165) is 34.7 Å². The fraction of sp³-hybridized carbons (Fsp3) is 0.368. The Hall–Kier alpha value is -2.28. The molecule has 0 spiro atoms. The first-order valence-electron chi connectivity index (χ1n) is 8.78. The van der Waals surface area contributed by atoms with Gasteiger partial charge in [-0.15, -0.1) is 0 Å². The number of halogens is 1. The maximum atomic E-state index is 6.13. The highest BCUT2D eigenvalue weighted by molar-refractivity contribution is 9.10. The number of ether oxygens (including phenoxy) is 1. The predicted molar refractivity (Wildman–Crippen MR) is 107 cm³/mol. The number of oxime groups is 1. The van der Waals surface area contributed by atoms with Crippen molar-refractivity contribution in [2.75, 3.05) is 31.2 Å². The van der Waals surface area contributed by atoms with E-state index in [1.807, 2.05) is 36.4 Å². The van der Waals surface area contributed by atoms with E-state index < -0.39 is 0 Å². The van der Waals surface area contributed by atoms with Crippen molar-refractivity contribution in [2.24, 2.45) is 10.9 Å². The average Bonchev–Trinajstić information content (AvgIpc) is 2.68. The van der Waals surface area contributed by atoms with Crippen LogP contribution in [0.1, 0.15) is 24.8 Å². The zero-order chi connectivity index (χ0) is 18.2. The maximum Gasteiger partial charge on any atom is 0.174 e. The van der Waals surface area contributed by atoms with Crippen LogP contribution in [-0.2, 0) is 4.84 Å². The van der Waals surface area contributed by atoms with E-state index in [2.05, 4.69) is 31.0 Å². The van der Waals surface area contributed by atoms with Crippen molar-refractivity contribution in [3.63, 3.8) is 0 Å². The molecule has 1 aliphatic heterocycles. The van der Waals surface area contributed by atoms with Crippen LogP contribution in [-0.4, -0.2) is 37.1 Å². The standard InChI is InChI=1S/C19H23BrN4O2/c20-15-6-4-7-16(14-15)25-12-13-26-23-18(21)17-8-5-9-22-19(17)24-10-2-1-3-11-24/h4-9,14H,1-3,10-13H2,(H2,21,23). The zero-order valence-electron chi connectivity index (χ0n) is 14.6. The third-order valence-corrected chi connectivity index (χ3v) is 4.61. The Labute approximate surface area is 162 Å². The molecule has 1 aromatic heterocycles. The molecular weight excluding hydrogens is 396 g/mol. The van der Waals surface area contributed by atoms with E-state index in [-0.39, 0.29) is 0 Å². The molecule has 0 bridgehead atoms. The fourth-order valence-electron chi connectivity index (χ4n) is 2.87. The van der Waals surface area contributed by atoms with Gasteiger partial charge in [0.1, 0.15) is 18.2 Å². The molecule has 26 heavy (non-hydrogen) atoms. The summed E-state index contributed by atoms with van der Waals surface area (Å²) in [6, 6.07) is 11.4. The van der Waals surface area contributed by atoms with Gasteiger partial charge in [-0.25, -0.2) is 4.98 Å². The lowest BCUT2D eigenvalue weighted by Crippen LogP contribution is -2.32. The highest BCUT2D eigenvalue weighted by Crippen LogP contribution is 2.21. The number of rotatable bonds is 7. The van der Waals surface area contributed by atoms with Crippen LogP contribution in [0.5, 0.6) is 5.75 Å². The molecule has 2 heterocycles. The summed E-state index contributed by atoms with van der Waals surface area (Å²) in [5.41, 5.74) is 6.93. The molecule has 2 N–H and O–H groups in total. The molecule has 1 fully saturated rings. The molecule has 2 aromatic rings. The number of pyridine rings is 1. The molecule has 0 aliphatic carbocycles. The second kappa shape index (κ2) is 9.43. The normalized spacial score (nSPS) is 15.0. The fourth-order valence-corrected chi connectivity index (χ4v) is 3.25. The van der Waals surface area contributed by atoms with Crippen molar-refractivity contribution in [3.05, 3.63) is 52.6 Å². The van der Waals surface area contributed by atoms with E-state index in [9.17, 15) is 0 Å². The highest BCUT2D eigenvalue weighted by atomic mass is 79.9. The minimum atomic E-state index is 0.312. The van der Waals surface area contributed by atoms with Gasteiger partial charge in [0.2, 0.25) is 0 Å². The summed E-state index contributed by atoms with van der Waals surface area (Å²) < 4.78 is 6.58. The molecule has 0 saturated carbocycles. The quantitative estimate of drug-likeness (QED) is 0.322. The minimum absolute atomic E-state index is 0.312. The number of amidine groups is 1. The molecule has 0 atom stereocenters. The van der Waals surface area contributed by atoms with E-state index in [1.165, 1.54) is 19.3 Å². The van der Waals surface area contributed by atoms with Gasteiger partial charge in [0.25, 0.3) is 0 Å². The highest BCUT2D eigenvalue weighted by Gasteiger charge is 2.17. The third-order valence-electron chi connectivity index (χ3n) is 4.12. The Kier molecular flexibility index (Phi) is 6.71. The summed E-state index contributed by atoms with van der Waals surface area (Å²) in [4.78, 5) is 12.1. The molecule has 138 valence electrons. The van der Waals surface area contributed by atoms with Gasteiger partial charge in [-0.3, -0.25) is 0 Å². The summed E-state index contributed by atoms with van der Waals surface area (Å²) in [7, 11) is 0. The average molecular weight is 419 g/mol. The second-order valence-electron chi connectivity index (χ2n) is 6.04. The molecule has 0 radical (unpaired) electrons. The lowest BCUT2D eigenvalue weighted by molar-refractivity contribution is 0.107. The Morgan fingerprint density at radius 3 is 2.81 bits per heavy atom. The van der Waals surface area contributed by atoms with Crippen LogP contribution < -0.4 is 15.4 Å². The largest absolute Gasteiger partial charge is 0.490 e. The second-order valence-corrected chi connectivity index (χ2v) is 6.95. The summed E-state index contributed by atoms with van der Waals surface area (Å²) in [6.07, 6.45) is 5.41. The van der Waals surface area contributed by atoms with Crippen molar-refractivity contribution in [3.8, 4) is 5.75 Å². The smallest absolute Gasteiger partial charge is 0.174 e. The van der Waals surface area contributed by atoms with E-state index in [0.29, 0.717) is 19.0 Å². The summed E-state index contributed by atoms with van der Waals surface area (Å²) in [6.45, 7) is 2.70. The van der Waals surface area contributed by atoms with Crippen LogP contribution >= 0.6 is 15.9 Å². The third kappa shape index (κ3) is 5.11. The van der Waals surface area contributed by atoms with Crippen LogP contribution in [0, 0.1) is 0 Å². The van der Waals surface area contributed by atoms with Gasteiger partial charge in [0.15, 0.2) is 12.4 Å². The predicted octanol–water partition coefficient (Wildman–Crippen LogP) is 3.55. The summed E-state index contributed by atoms with van der Waals surface area (Å²) >= 11 is 3.41. The number of aromatic nitrogens is 1. The first-order valence-corrected chi connectivity index (χ1v) is 9.57. The monoisotopic (exact) mass is 418 g/mol. The lowest BCUT2D eigenvalue weighted by Gasteiger charge is -2.29. The van der Waals surface area contributed by atoms with Crippen LogP contribution in [0.15, 0.2) is 52.2 Å². The topological polar surface area (TPSA) is 73.0 Å². The first kappa shape index (κ1) is 18.5. The van der Waals surface area contributed by atoms with Gasteiger partial charge in [0.05, 0.1) is 5.56 Å². The molecular formula is C19H23BrN4O2. The molecule has 1 aliphatic rings. The van der Waals surface area contributed by atoms with Crippen molar-refractivity contribution < 1.29 is 9.57 Å². The van der Waals surface area contributed by atoms with Gasteiger partial charge in [0, 0.05) is 23.8 Å². The zero-order valence-corrected chi connectivity index (χ0v) is 16.2. The molecule has 6 nitrogen and oxygen atoms in total. The van der Waals surface area contributed by atoms with Crippen molar-refractivity contribution in [1.29, 1.82) is 0 Å². The summed E-state index contributed by atoms with van der Waals surface area (Å²) in [5, 5.41) is 4.04. The Morgan fingerprint density at radius 1 is 1.15 bits per heavy atom. The van der Waals surface area contributed by atoms with Crippen LogP contribution in [0.25, 0.3) is 0 Å². The van der Waals surface area contributed by atoms with Crippen molar-refractivity contribution in [1.82, 2.24) is 4.98 Å². The molecule has 1 saturated heterocycles. The number of anilines is 1. The lowest BCUT2D eigenvalue weighted by atomic mass is 10.1. The minimum Gasteiger partial charge on any atom is -0.490 e. The van der Waals surface area contributed by atoms with Crippen molar-refractivity contribution >= 4 is 27.6 Å². The van der Waals surface area contributed by atoms with Crippen LogP contribution in [0.2, 0.25) is 0 Å². The Balaban J connectivity index is 1.54. The van der Waals surface area contributed by atoms with Crippen LogP contribution in [0.4, 0.5) is 5.82 Å². The summed E-state index contributed by atoms with van der Waals surface area (Å²) in [5.74, 6) is 1.99. The first-order chi connectivity index (χ1) is 12.7. The molecule has 1 aromatic carbocycles. The number of nitrogens with zero attached hydrogens (tertiary/aromatic N) is 3. The van der Waals surface area contributed by atoms with Crippen LogP contribution in [0.3, 0.4) is 0 Å². The van der Waals surface area contributed by atoms with Gasteiger partial charge in [-0.1, -0.05) is 27.2 Å². The van der Waals surface area contributed by atoms with E-state index in [1.54, 1.807) is 6.20 Å². The number of hydrogen-bond donors (Lipinski definition) is 1. The van der Waals surface area contributed by atoms with Crippen molar-refractivity contribution in [2.45, 2.75) is 19.3 Å². The van der Waals surface area contributed by atoms with Gasteiger partial charge >= 0.3 is 0 Å². The number of piperidine rings is 1. The van der Waals surface area contributed by atoms with Gasteiger partial charge < -0.3 is 20.2 Å². The van der Waals surface area contributed by atoms with E-state index in [4.69, 9.17) is 15.3 Å². The molecule has 0 amide bonds. The Bertz CT molecular complexity index is 748. The van der Waals surface area contributed by atoms with Gasteiger partial charge in [-0.05, 0) is 49.6 Å². The number of benzene rings is 1. The molecule has 0 unspecified atom stereocenters.